The Labute approximate surface area is 207 Å². The first-order valence-corrected chi connectivity index (χ1v) is 12.0. The second-order valence-electron chi connectivity index (χ2n) is 9.57. The highest BCUT2D eigenvalue weighted by Crippen LogP contribution is 2.32. The van der Waals surface area contributed by atoms with Crippen molar-refractivity contribution in [2.24, 2.45) is 0 Å². The topological polar surface area (TPSA) is 67.4 Å². The molecule has 1 amide bonds. The fourth-order valence-corrected chi connectivity index (χ4v) is 4.61. The van der Waals surface area contributed by atoms with Crippen LogP contribution in [-0.4, -0.2) is 24.3 Å². The number of anilines is 1. The first kappa shape index (κ1) is 24.3. The number of carbonyl (C=O) groups excluding carboxylic acids is 2. The lowest BCUT2D eigenvalue weighted by molar-refractivity contribution is -0.117. The molecule has 35 heavy (non-hydrogen) atoms. The fraction of sp³-hybridized carbons (Fsp3) is 0.267. The molecule has 0 saturated carbocycles. The molecule has 1 unspecified atom stereocenters. The Morgan fingerprint density at radius 2 is 1.83 bits per heavy atom. The number of amides is 1. The van der Waals surface area contributed by atoms with Crippen molar-refractivity contribution in [3.63, 3.8) is 0 Å². The minimum atomic E-state index is -0.252. The minimum absolute atomic E-state index is 0.0848. The highest BCUT2D eigenvalue weighted by atomic mass is 16.5. The Hall–Kier alpha value is -3.86. The molecule has 180 valence electrons. The van der Waals surface area contributed by atoms with Crippen LogP contribution in [0.15, 0.2) is 78.9 Å². The van der Waals surface area contributed by atoms with Crippen molar-refractivity contribution in [3.05, 3.63) is 101 Å². The van der Waals surface area contributed by atoms with Crippen LogP contribution in [0.1, 0.15) is 60.2 Å². The summed E-state index contributed by atoms with van der Waals surface area (Å²) in [5, 5.41) is 6.49. The van der Waals surface area contributed by atoms with Gasteiger partial charge in [-0.25, -0.2) is 0 Å². The van der Waals surface area contributed by atoms with Gasteiger partial charge in [-0.05, 0) is 62.1 Å². The van der Waals surface area contributed by atoms with Crippen LogP contribution in [-0.2, 0) is 11.2 Å². The molecule has 0 aliphatic carbocycles. The second kappa shape index (κ2) is 10.2. The van der Waals surface area contributed by atoms with Crippen molar-refractivity contribution in [2.75, 3.05) is 12.4 Å². The number of fused-ring (bicyclic) bond motifs is 1. The molecule has 0 saturated heterocycles. The van der Waals surface area contributed by atoms with Gasteiger partial charge in [0.05, 0.1) is 13.0 Å². The van der Waals surface area contributed by atoms with Gasteiger partial charge in [-0.1, -0.05) is 55.5 Å². The van der Waals surface area contributed by atoms with E-state index in [1.54, 1.807) is 31.4 Å². The lowest BCUT2D eigenvalue weighted by Crippen LogP contribution is -2.43. The molecular weight excluding hydrogens is 436 g/mol. The van der Waals surface area contributed by atoms with Crippen molar-refractivity contribution in [2.45, 2.75) is 45.1 Å². The number of rotatable bonds is 7. The number of carbonyl (C=O) groups is 2. The highest BCUT2D eigenvalue weighted by molar-refractivity contribution is 6.09. The van der Waals surface area contributed by atoms with Crippen molar-refractivity contribution < 1.29 is 14.3 Å². The van der Waals surface area contributed by atoms with E-state index < -0.39 is 0 Å². The van der Waals surface area contributed by atoms with E-state index in [2.05, 4.69) is 30.5 Å². The van der Waals surface area contributed by atoms with Gasteiger partial charge in [-0.15, -0.1) is 0 Å². The molecule has 3 aromatic rings. The first-order chi connectivity index (χ1) is 16.8. The Balaban J connectivity index is 1.58. The second-order valence-corrected chi connectivity index (χ2v) is 9.57. The van der Waals surface area contributed by atoms with Gasteiger partial charge in [0.15, 0.2) is 5.78 Å². The summed E-state index contributed by atoms with van der Waals surface area (Å²) in [5.41, 5.74) is 4.81. The number of ether oxygens (including phenoxy) is 1. The Bertz CT molecular complexity index is 1260. The smallest absolute Gasteiger partial charge is 0.231 e. The van der Waals surface area contributed by atoms with Crippen LogP contribution in [0, 0.1) is 0 Å². The predicted molar refractivity (Wildman–Crippen MR) is 141 cm³/mol. The molecule has 1 aliphatic rings. The maximum Gasteiger partial charge on any atom is 0.231 e. The third-order valence-corrected chi connectivity index (χ3v) is 6.33. The van der Waals surface area contributed by atoms with E-state index in [1.165, 1.54) is 5.56 Å². The van der Waals surface area contributed by atoms with Gasteiger partial charge in [-0.2, -0.15) is 0 Å². The number of ketones is 1. The summed E-state index contributed by atoms with van der Waals surface area (Å²) in [4.78, 5) is 26.3. The van der Waals surface area contributed by atoms with Gasteiger partial charge < -0.3 is 15.4 Å². The zero-order valence-electron chi connectivity index (χ0n) is 20.7. The van der Waals surface area contributed by atoms with Crippen LogP contribution in [0.25, 0.3) is 5.70 Å². The third kappa shape index (κ3) is 5.62. The monoisotopic (exact) mass is 468 g/mol. The number of allylic oxidation sites excluding steroid dienone is 1. The fourth-order valence-electron chi connectivity index (χ4n) is 4.61. The molecule has 1 atom stereocenters. The molecular formula is C30H32N2O3. The minimum Gasteiger partial charge on any atom is -0.497 e. The molecule has 0 aromatic heterocycles. The SMILES string of the molecule is CCC(C(=O)Nc1cccc(C(=O)C=C2NC(C)(C)Cc3ccc(OC)cc32)c1)c1ccccc1. The van der Waals surface area contributed by atoms with Crippen molar-refractivity contribution >= 4 is 23.1 Å². The Morgan fingerprint density at radius 1 is 1.06 bits per heavy atom. The average Bonchev–Trinajstić information content (AvgIpc) is 2.84. The van der Waals surface area contributed by atoms with Crippen LogP contribution in [0.4, 0.5) is 5.69 Å². The van der Waals surface area contributed by atoms with Crippen LogP contribution in [0.3, 0.4) is 0 Å². The van der Waals surface area contributed by atoms with Gasteiger partial charge in [-0.3, -0.25) is 9.59 Å². The molecule has 0 bridgehead atoms. The van der Waals surface area contributed by atoms with E-state index in [1.807, 2.05) is 55.5 Å². The summed E-state index contributed by atoms with van der Waals surface area (Å²) in [7, 11) is 1.64. The van der Waals surface area contributed by atoms with Crippen molar-refractivity contribution in [1.29, 1.82) is 0 Å². The molecule has 5 nitrogen and oxygen atoms in total. The molecule has 1 aliphatic heterocycles. The zero-order valence-corrected chi connectivity index (χ0v) is 20.7. The molecule has 0 spiro atoms. The van der Waals surface area contributed by atoms with Gasteiger partial charge in [0.2, 0.25) is 5.91 Å². The maximum atomic E-state index is 13.3. The summed E-state index contributed by atoms with van der Waals surface area (Å²) < 4.78 is 5.40. The van der Waals surface area contributed by atoms with E-state index in [-0.39, 0.29) is 23.1 Å². The molecule has 5 heteroatoms. The number of methoxy groups -OCH3 is 1. The molecule has 0 fully saturated rings. The van der Waals surface area contributed by atoms with Crippen LogP contribution < -0.4 is 15.4 Å². The van der Waals surface area contributed by atoms with Crippen molar-refractivity contribution in [1.82, 2.24) is 5.32 Å². The van der Waals surface area contributed by atoms with Crippen LogP contribution in [0.5, 0.6) is 5.75 Å². The van der Waals surface area contributed by atoms with E-state index in [0.29, 0.717) is 17.7 Å². The number of nitrogens with one attached hydrogen (secondary N) is 2. The summed E-state index contributed by atoms with van der Waals surface area (Å²) >= 11 is 0. The standard InChI is InChI=1S/C30H32N2O3/c1-5-25(20-10-7-6-8-11-20)29(34)31-23-13-9-12-21(16-23)28(33)18-27-26-17-24(35-4)15-14-22(26)19-30(2,3)32-27/h6-18,25,32H,5,19H2,1-4H3,(H,31,34). The quantitative estimate of drug-likeness (QED) is 0.331. The summed E-state index contributed by atoms with van der Waals surface area (Å²) in [6.07, 6.45) is 3.17. The lowest BCUT2D eigenvalue weighted by Gasteiger charge is -2.35. The normalized spacial score (nSPS) is 16.1. The maximum absolute atomic E-state index is 13.3. The number of hydrogen-bond donors (Lipinski definition) is 2. The summed E-state index contributed by atoms with van der Waals surface area (Å²) in [5.74, 6) is 0.276. The van der Waals surface area contributed by atoms with E-state index in [4.69, 9.17) is 4.74 Å². The van der Waals surface area contributed by atoms with Gasteiger partial charge in [0.25, 0.3) is 0 Å². The van der Waals surface area contributed by atoms with Gasteiger partial charge >= 0.3 is 0 Å². The molecule has 3 aromatic carbocycles. The van der Waals surface area contributed by atoms with E-state index >= 15 is 0 Å². The van der Waals surface area contributed by atoms with E-state index in [9.17, 15) is 9.59 Å². The lowest BCUT2D eigenvalue weighted by atomic mass is 9.85. The summed E-state index contributed by atoms with van der Waals surface area (Å²) in [6.45, 7) is 6.23. The van der Waals surface area contributed by atoms with Crippen LogP contribution >= 0.6 is 0 Å². The van der Waals surface area contributed by atoms with Gasteiger partial charge in [0, 0.05) is 34.1 Å². The van der Waals surface area contributed by atoms with Crippen molar-refractivity contribution in [3.8, 4) is 5.75 Å². The first-order valence-electron chi connectivity index (χ1n) is 12.0. The molecule has 1 heterocycles. The largest absolute Gasteiger partial charge is 0.497 e. The Morgan fingerprint density at radius 3 is 2.54 bits per heavy atom. The van der Waals surface area contributed by atoms with E-state index in [0.717, 1.165) is 29.0 Å². The van der Waals surface area contributed by atoms with Crippen LogP contribution in [0.2, 0.25) is 0 Å². The summed E-state index contributed by atoms with van der Waals surface area (Å²) in [6, 6.07) is 22.8. The molecule has 0 radical (unpaired) electrons. The average molecular weight is 469 g/mol. The highest BCUT2D eigenvalue weighted by Gasteiger charge is 2.28. The molecule has 2 N–H and O–H groups in total. The zero-order chi connectivity index (χ0) is 25.0. The molecule has 4 rings (SSSR count). The predicted octanol–water partition coefficient (Wildman–Crippen LogP) is 5.98. The third-order valence-electron chi connectivity index (χ3n) is 6.33. The number of hydrogen-bond acceptors (Lipinski definition) is 4. The van der Waals surface area contributed by atoms with Gasteiger partial charge in [0.1, 0.15) is 5.75 Å². The Kier molecular flexibility index (Phi) is 7.06. The number of benzene rings is 3.